The third kappa shape index (κ3) is 2.19. The monoisotopic (exact) mass is 367 g/mol. The summed E-state index contributed by atoms with van der Waals surface area (Å²) < 4.78 is 2.06. The van der Waals surface area contributed by atoms with Gasteiger partial charge in [0.2, 0.25) is 5.91 Å². The molecule has 132 valence electrons. The lowest BCUT2D eigenvalue weighted by atomic mass is 10.2. The van der Waals surface area contributed by atoms with Crippen LogP contribution in [0.25, 0.3) is 27.9 Å². The highest BCUT2D eigenvalue weighted by Gasteiger charge is 2.37. The molecule has 5 rings (SSSR count). The average molecular weight is 367 g/mol. The molecule has 0 aliphatic carbocycles. The van der Waals surface area contributed by atoms with Crippen molar-refractivity contribution in [3.8, 4) is 11.3 Å². The van der Waals surface area contributed by atoms with Crippen molar-refractivity contribution in [1.29, 1.82) is 0 Å². The molecule has 1 aliphatic rings. The fourth-order valence-electron chi connectivity index (χ4n) is 3.83. The number of aromatic nitrogens is 4. The van der Waals surface area contributed by atoms with E-state index in [-0.39, 0.29) is 11.9 Å². The number of carbonyl (C=O) groups is 1. The van der Waals surface area contributed by atoms with E-state index in [1.807, 2.05) is 29.9 Å². The number of H-pyrrole nitrogens is 1. The van der Waals surface area contributed by atoms with Crippen molar-refractivity contribution < 1.29 is 9.90 Å². The highest BCUT2D eigenvalue weighted by Crippen LogP contribution is 2.37. The van der Waals surface area contributed by atoms with Gasteiger partial charge in [-0.05, 0) is 17.5 Å². The van der Waals surface area contributed by atoms with Crippen LogP contribution in [0.1, 0.15) is 25.2 Å². The molecule has 2 atom stereocenters. The molecule has 0 spiro atoms. The van der Waals surface area contributed by atoms with Crippen molar-refractivity contribution in [3.05, 3.63) is 41.1 Å². The van der Waals surface area contributed by atoms with Gasteiger partial charge in [-0.3, -0.25) is 9.20 Å². The van der Waals surface area contributed by atoms with E-state index < -0.39 is 6.10 Å². The van der Waals surface area contributed by atoms with Crippen LogP contribution in [0, 0.1) is 0 Å². The number of nitrogens with one attached hydrogen (secondary N) is 1. The highest BCUT2D eigenvalue weighted by molar-refractivity contribution is 7.08. The molecule has 0 aromatic carbocycles. The number of thiophene rings is 1. The zero-order valence-corrected chi connectivity index (χ0v) is 14.9. The summed E-state index contributed by atoms with van der Waals surface area (Å²) in [5.74, 6) is 0.708. The van der Waals surface area contributed by atoms with E-state index >= 15 is 0 Å². The van der Waals surface area contributed by atoms with Gasteiger partial charge in [0.25, 0.3) is 0 Å². The SMILES string of the molecule is CC(=O)N1C[C@@H](O)C[C@H]1c1nc(-c2ccsc2)c2cnc3[nH]ccc3n12. The molecule has 1 aliphatic heterocycles. The first-order valence-corrected chi connectivity index (χ1v) is 9.40. The van der Waals surface area contributed by atoms with Crippen molar-refractivity contribution in [2.24, 2.45) is 0 Å². The summed E-state index contributed by atoms with van der Waals surface area (Å²) in [5.41, 5.74) is 4.46. The third-order valence-electron chi connectivity index (χ3n) is 4.98. The summed E-state index contributed by atoms with van der Waals surface area (Å²) in [7, 11) is 0. The smallest absolute Gasteiger partial charge is 0.220 e. The molecular formula is C18H17N5O2S. The first-order chi connectivity index (χ1) is 12.6. The quantitative estimate of drug-likeness (QED) is 0.570. The van der Waals surface area contributed by atoms with Crippen LogP contribution in [-0.4, -0.2) is 47.9 Å². The molecule has 7 nitrogen and oxygen atoms in total. The Morgan fingerprint density at radius 2 is 2.27 bits per heavy atom. The average Bonchev–Trinajstić information content (AvgIpc) is 3.38. The first-order valence-electron chi connectivity index (χ1n) is 8.46. The lowest BCUT2D eigenvalue weighted by Gasteiger charge is -2.22. The van der Waals surface area contributed by atoms with Crippen molar-refractivity contribution in [1.82, 2.24) is 24.3 Å². The number of hydrogen-bond donors (Lipinski definition) is 2. The van der Waals surface area contributed by atoms with Crippen LogP contribution < -0.4 is 0 Å². The Kier molecular flexibility index (Phi) is 3.38. The number of likely N-dealkylation sites (tertiary alicyclic amines) is 1. The summed E-state index contributed by atoms with van der Waals surface area (Å²) in [5, 5.41) is 14.2. The molecular weight excluding hydrogens is 350 g/mol. The second kappa shape index (κ2) is 5.65. The second-order valence-electron chi connectivity index (χ2n) is 6.60. The van der Waals surface area contributed by atoms with Crippen molar-refractivity contribution in [2.75, 3.05) is 6.54 Å². The molecule has 0 bridgehead atoms. The topological polar surface area (TPSA) is 86.5 Å². The lowest BCUT2D eigenvalue weighted by molar-refractivity contribution is -0.130. The maximum atomic E-state index is 12.1. The number of hydrogen-bond acceptors (Lipinski definition) is 5. The molecule has 0 unspecified atom stereocenters. The van der Waals surface area contributed by atoms with Gasteiger partial charge in [0.05, 0.1) is 35.1 Å². The minimum absolute atomic E-state index is 0.0558. The summed E-state index contributed by atoms with van der Waals surface area (Å²) in [6.45, 7) is 1.87. The maximum Gasteiger partial charge on any atom is 0.220 e. The van der Waals surface area contributed by atoms with E-state index in [1.165, 1.54) is 6.92 Å². The number of aliphatic hydroxyl groups excluding tert-OH is 1. The predicted molar refractivity (Wildman–Crippen MR) is 98.9 cm³/mol. The highest BCUT2D eigenvalue weighted by atomic mass is 32.1. The van der Waals surface area contributed by atoms with E-state index in [0.717, 1.165) is 33.8 Å². The lowest BCUT2D eigenvalue weighted by Crippen LogP contribution is -2.30. The molecule has 5 heterocycles. The second-order valence-corrected chi connectivity index (χ2v) is 7.38. The van der Waals surface area contributed by atoms with E-state index in [9.17, 15) is 9.90 Å². The summed E-state index contributed by atoms with van der Waals surface area (Å²) in [6, 6.07) is 3.73. The molecule has 8 heteroatoms. The molecule has 4 aromatic heterocycles. The zero-order valence-electron chi connectivity index (χ0n) is 14.1. The Balaban J connectivity index is 1.81. The van der Waals surface area contributed by atoms with Crippen LogP contribution in [0.15, 0.2) is 35.3 Å². The molecule has 0 saturated carbocycles. The van der Waals surface area contributed by atoms with Gasteiger partial charge in [0.1, 0.15) is 5.82 Å². The fraction of sp³-hybridized carbons (Fsp3) is 0.278. The summed E-state index contributed by atoms with van der Waals surface area (Å²) in [6.07, 6.45) is 3.60. The maximum absolute atomic E-state index is 12.1. The zero-order chi connectivity index (χ0) is 17.8. The minimum Gasteiger partial charge on any atom is -0.391 e. The number of imidazole rings is 1. The largest absolute Gasteiger partial charge is 0.391 e. The Labute approximate surface area is 152 Å². The van der Waals surface area contributed by atoms with E-state index in [1.54, 1.807) is 16.2 Å². The van der Waals surface area contributed by atoms with Crippen LogP contribution in [0.3, 0.4) is 0 Å². The van der Waals surface area contributed by atoms with Crippen LogP contribution in [0.2, 0.25) is 0 Å². The molecule has 2 N–H and O–H groups in total. The number of aliphatic hydroxyl groups is 1. The molecule has 1 saturated heterocycles. The Morgan fingerprint density at radius 3 is 3.04 bits per heavy atom. The van der Waals surface area contributed by atoms with Gasteiger partial charge in [-0.2, -0.15) is 11.3 Å². The minimum atomic E-state index is -0.538. The number of nitrogens with zero attached hydrogens (tertiary/aromatic N) is 4. The predicted octanol–water partition coefficient (Wildman–Crippen LogP) is 2.59. The van der Waals surface area contributed by atoms with Crippen LogP contribution in [0.5, 0.6) is 0 Å². The van der Waals surface area contributed by atoms with Crippen LogP contribution in [0.4, 0.5) is 0 Å². The Hall–Kier alpha value is -2.71. The molecule has 1 fully saturated rings. The molecule has 0 radical (unpaired) electrons. The van der Waals surface area contributed by atoms with Gasteiger partial charge >= 0.3 is 0 Å². The molecule has 4 aromatic rings. The van der Waals surface area contributed by atoms with Gasteiger partial charge in [0, 0.05) is 37.0 Å². The standard InChI is InChI=1S/C18H17N5O2S/c1-10(24)22-8-12(25)6-14(22)18-21-16(11-3-5-26-9-11)15-7-20-17-13(23(15)18)2-4-19-17/h2-5,7,9,12,14,19,25H,6,8H2,1H3/t12-,14-/m0/s1. The number of β-amino-alcohol motifs (C(OH)–C–C–N with tert-alkyl or cyclic N) is 1. The van der Waals surface area contributed by atoms with Crippen molar-refractivity contribution >= 4 is 33.9 Å². The van der Waals surface area contributed by atoms with E-state index in [2.05, 4.69) is 19.7 Å². The van der Waals surface area contributed by atoms with Crippen LogP contribution >= 0.6 is 11.3 Å². The number of aromatic amines is 1. The van der Waals surface area contributed by atoms with Crippen LogP contribution in [-0.2, 0) is 4.79 Å². The van der Waals surface area contributed by atoms with Crippen molar-refractivity contribution in [2.45, 2.75) is 25.5 Å². The van der Waals surface area contributed by atoms with Gasteiger partial charge in [-0.1, -0.05) is 0 Å². The number of amides is 1. The Bertz CT molecular complexity index is 1110. The number of fused-ring (bicyclic) bond motifs is 3. The Morgan fingerprint density at radius 1 is 1.38 bits per heavy atom. The van der Waals surface area contributed by atoms with Gasteiger partial charge < -0.3 is 15.0 Å². The summed E-state index contributed by atoms with van der Waals surface area (Å²) in [4.78, 5) is 26.4. The summed E-state index contributed by atoms with van der Waals surface area (Å²) >= 11 is 1.62. The van der Waals surface area contributed by atoms with Crippen molar-refractivity contribution in [3.63, 3.8) is 0 Å². The van der Waals surface area contributed by atoms with Gasteiger partial charge in [-0.25, -0.2) is 9.97 Å². The molecule has 1 amide bonds. The van der Waals surface area contributed by atoms with Gasteiger partial charge in [-0.15, -0.1) is 0 Å². The third-order valence-corrected chi connectivity index (χ3v) is 5.66. The number of rotatable bonds is 2. The normalized spacial score (nSPS) is 20.5. The van der Waals surface area contributed by atoms with Gasteiger partial charge in [0.15, 0.2) is 5.65 Å². The van der Waals surface area contributed by atoms with E-state index in [4.69, 9.17) is 4.98 Å². The molecule has 26 heavy (non-hydrogen) atoms. The fourth-order valence-corrected chi connectivity index (χ4v) is 4.47. The first kappa shape index (κ1) is 15.5. The number of carbonyl (C=O) groups excluding carboxylic acids is 1. The van der Waals surface area contributed by atoms with E-state index in [0.29, 0.717) is 13.0 Å².